The molecule has 9 nitrogen and oxygen atoms in total. The predicted octanol–water partition coefficient (Wildman–Crippen LogP) is 2.67. The number of esters is 1. The Balaban J connectivity index is 1.79. The molecule has 184 valence electrons. The third kappa shape index (κ3) is 4.70. The Bertz CT molecular complexity index is 1570. The van der Waals surface area contributed by atoms with Crippen molar-refractivity contribution in [1.82, 2.24) is 14.0 Å². The zero-order chi connectivity index (χ0) is 25.1. The van der Waals surface area contributed by atoms with E-state index in [1.807, 2.05) is 30.3 Å². The molecule has 1 atom stereocenters. The van der Waals surface area contributed by atoms with Crippen LogP contribution in [0.2, 0.25) is 0 Å². The lowest BCUT2D eigenvalue weighted by Gasteiger charge is -2.18. The molecule has 0 bridgehead atoms. The summed E-state index contributed by atoms with van der Waals surface area (Å²) in [6, 6.07) is 15.9. The number of amides is 1. The molecule has 4 heterocycles. The Morgan fingerprint density at radius 3 is 2.72 bits per heavy atom. The number of carbonyl (C=O) groups excluding carboxylic acids is 2. The van der Waals surface area contributed by atoms with Gasteiger partial charge in [-0.05, 0) is 43.5 Å². The molecule has 0 aliphatic carbocycles. The van der Waals surface area contributed by atoms with Crippen LogP contribution < -0.4 is 11.0 Å². The smallest absolute Gasteiger partial charge is 0.341 e. The number of rotatable bonds is 6. The van der Waals surface area contributed by atoms with Crippen LogP contribution in [0.5, 0.6) is 0 Å². The van der Waals surface area contributed by atoms with Gasteiger partial charge in [-0.3, -0.25) is 14.0 Å². The second-order valence-electron chi connectivity index (χ2n) is 8.60. The summed E-state index contributed by atoms with van der Waals surface area (Å²) < 4.78 is 14.2. The highest BCUT2D eigenvalue weighted by atomic mass is 16.5. The van der Waals surface area contributed by atoms with Crippen molar-refractivity contribution in [3.8, 4) is 0 Å². The van der Waals surface area contributed by atoms with Gasteiger partial charge in [-0.25, -0.2) is 9.78 Å². The fourth-order valence-electron chi connectivity index (χ4n) is 4.45. The van der Waals surface area contributed by atoms with Crippen molar-refractivity contribution in [3.05, 3.63) is 87.8 Å². The highest BCUT2D eigenvalue weighted by Crippen LogP contribution is 2.17. The van der Waals surface area contributed by atoms with Crippen molar-refractivity contribution in [2.24, 2.45) is 4.99 Å². The normalized spacial score (nSPS) is 16.0. The molecule has 1 aliphatic rings. The van der Waals surface area contributed by atoms with Gasteiger partial charge in [0.05, 0.1) is 31.1 Å². The number of benzene rings is 1. The van der Waals surface area contributed by atoms with Crippen LogP contribution in [0, 0.1) is 0 Å². The van der Waals surface area contributed by atoms with Gasteiger partial charge >= 0.3 is 5.97 Å². The molecule has 9 heteroatoms. The quantitative estimate of drug-likeness (QED) is 0.307. The lowest BCUT2D eigenvalue weighted by atomic mass is 10.1. The Kier molecular flexibility index (Phi) is 6.73. The molecule has 0 N–H and O–H groups in total. The highest BCUT2D eigenvalue weighted by molar-refractivity contribution is 5.93. The first-order valence-electron chi connectivity index (χ1n) is 12.0. The van der Waals surface area contributed by atoms with Crippen LogP contribution in [0.15, 0.2) is 70.6 Å². The van der Waals surface area contributed by atoms with Crippen LogP contribution in [0.3, 0.4) is 0 Å². The van der Waals surface area contributed by atoms with E-state index in [1.165, 1.54) is 10.5 Å². The third-order valence-electron chi connectivity index (χ3n) is 6.12. The summed E-state index contributed by atoms with van der Waals surface area (Å²) in [5.41, 5.74) is 1.41. The minimum Gasteiger partial charge on any atom is -0.462 e. The zero-order valence-corrected chi connectivity index (χ0v) is 19.9. The Morgan fingerprint density at radius 1 is 1.17 bits per heavy atom. The molecular weight excluding hydrogens is 460 g/mol. The van der Waals surface area contributed by atoms with Crippen LogP contribution >= 0.6 is 0 Å². The van der Waals surface area contributed by atoms with E-state index in [0.29, 0.717) is 17.9 Å². The molecule has 0 unspecified atom stereocenters. The molecule has 4 aromatic rings. The minimum atomic E-state index is -0.663. The first-order chi connectivity index (χ1) is 17.5. The molecule has 0 saturated carbocycles. The number of hydrogen-bond acceptors (Lipinski definition) is 6. The summed E-state index contributed by atoms with van der Waals surface area (Å²) in [7, 11) is 0. The molecular formula is C27H26N4O5. The van der Waals surface area contributed by atoms with E-state index in [4.69, 9.17) is 14.5 Å². The van der Waals surface area contributed by atoms with E-state index in [2.05, 4.69) is 4.99 Å². The fourth-order valence-corrected chi connectivity index (χ4v) is 4.45. The number of fused-ring (bicyclic) bond motifs is 2. The Morgan fingerprint density at radius 2 is 1.97 bits per heavy atom. The van der Waals surface area contributed by atoms with Crippen molar-refractivity contribution >= 4 is 28.6 Å². The van der Waals surface area contributed by atoms with Gasteiger partial charge in [-0.1, -0.05) is 36.4 Å². The molecule has 1 amide bonds. The van der Waals surface area contributed by atoms with Gasteiger partial charge in [0.2, 0.25) is 0 Å². The van der Waals surface area contributed by atoms with Gasteiger partial charge in [0.1, 0.15) is 16.9 Å². The largest absolute Gasteiger partial charge is 0.462 e. The summed E-state index contributed by atoms with van der Waals surface area (Å²) in [6.45, 7) is 2.74. The van der Waals surface area contributed by atoms with Crippen molar-refractivity contribution in [2.45, 2.75) is 38.8 Å². The lowest BCUT2D eigenvalue weighted by Crippen LogP contribution is -2.35. The van der Waals surface area contributed by atoms with E-state index in [9.17, 15) is 14.4 Å². The Labute approximate surface area is 206 Å². The maximum absolute atomic E-state index is 13.4. The van der Waals surface area contributed by atoms with E-state index in [0.717, 1.165) is 18.4 Å². The van der Waals surface area contributed by atoms with Crippen molar-refractivity contribution in [3.63, 3.8) is 0 Å². The van der Waals surface area contributed by atoms with Crippen LogP contribution in [0.25, 0.3) is 16.7 Å². The number of aromatic nitrogens is 3. The molecule has 1 fully saturated rings. The highest BCUT2D eigenvalue weighted by Gasteiger charge is 2.23. The summed E-state index contributed by atoms with van der Waals surface area (Å²) >= 11 is 0. The van der Waals surface area contributed by atoms with Crippen LogP contribution in [-0.4, -0.2) is 45.1 Å². The molecule has 0 radical (unpaired) electrons. The molecule has 1 aromatic carbocycles. The van der Waals surface area contributed by atoms with Gasteiger partial charge in [0, 0.05) is 12.8 Å². The summed E-state index contributed by atoms with van der Waals surface area (Å²) in [4.78, 5) is 48.6. The number of pyridine rings is 2. The average molecular weight is 487 g/mol. The molecule has 5 rings (SSSR count). The van der Waals surface area contributed by atoms with Crippen LogP contribution in [-0.2, 0) is 27.2 Å². The van der Waals surface area contributed by atoms with Gasteiger partial charge in [-0.2, -0.15) is 4.99 Å². The lowest BCUT2D eigenvalue weighted by molar-refractivity contribution is -0.117. The standard InChI is InChI=1S/C27H26N4O5/c1-2-35-27(34)21-16-20-24(28-22-12-6-7-13-30(22)26(20)33)31(17-19-11-8-14-36-19)25(21)29-23(32)15-18-9-4-3-5-10-18/h3-7,9-10,12-13,16,19H,2,8,11,14-15,17H2,1H3/t19-/m1/s1. The maximum atomic E-state index is 13.4. The van der Waals surface area contributed by atoms with Gasteiger partial charge < -0.3 is 14.0 Å². The van der Waals surface area contributed by atoms with Crippen molar-refractivity contribution < 1.29 is 19.1 Å². The number of hydrogen-bond donors (Lipinski definition) is 0. The number of nitrogens with zero attached hydrogens (tertiary/aromatic N) is 4. The zero-order valence-electron chi connectivity index (χ0n) is 19.9. The average Bonchev–Trinajstić information content (AvgIpc) is 3.40. The monoisotopic (exact) mass is 486 g/mol. The van der Waals surface area contributed by atoms with E-state index in [1.54, 1.807) is 35.9 Å². The maximum Gasteiger partial charge on any atom is 0.341 e. The van der Waals surface area contributed by atoms with E-state index in [-0.39, 0.29) is 47.7 Å². The molecule has 3 aromatic heterocycles. The minimum absolute atomic E-state index is 0.0403. The van der Waals surface area contributed by atoms with E-state index < -0.39 is 11.9 Å². The predicted molar refractivity (Wildman–Crippen MR) is 133 cm³/mol. The fraction of sp³-hybridized carbons (Fsp3) is 0.296. The Hall–Kier alpha value is -4.11. The SMILES string of the molecule is CCOC(=O)c1cc2c(=O)n3ccccc3nc2n(C[C@H]2CCCO2)c1=NC(=O)Cc1ccccc1. The third-order valence-corrected chi connectivity index (χ3v) is 6.12. The van der Waals surface area contributed by atoms with Gasteiger partial charge in [-0.15, -0.1) is 0 Å². The first-order valence-corrected chi connectivity index (χ1v) is 12.0. The van der Waals surface area contributed by atoms with Crippen LogP contribution in [0.4, 0.5) is 0 Å². The summed E-state index contributed by atoms with van der Waals surface area (Å²) in [5, 5.41) is 0.231. The molecule has 0 spiro atoms. The topological polar surface area (TPSA) is 104 Å². The number of carbonyl (C=O) groups is 2. The van der Waals surface area contributed by atoms with Gasteiger partial charge in [0.25, 0.3) is 11.5 Å². The second-order valence-corrected chi connectivity index (χ2v) is 8.60. The molecule has 1 saturated heterocycles. The molecule has 1 aliphatic heterocycles. The van der Waals surface area contributed by atoms with Gasteiger partial charge in [0.15, 0.2) is 5.49 Å². The van der Waals surface area contributed by atoms with E-state index >= 15 is 0 Å². The van der Waals surface area contributed by atoms with Crippen LogP contribution in [0.1, 0.15) is 35.7 Å². The summed E-state index contributed by atoms with van der Waals surface area (Å²) in [5.74, 6) is -1.09. The van der Waals surface area contributed by atoms with Crippen molar-refractivity contribution in [2.75, 3.05) is 13.2 Å². The summed E-state index contributed by atoms with van der Waals surface area (Å²) in [6.07, 6.45) is 3.24. The number of ether oxygens (including phenoxy) is 2. The molecule has 36 heavy (non-hydrogen) atoms. The first kappa shape index (κ1) is 23.6. The van der Waals surface area contributed by atoms with Crippen molar-refractivity contribution in [1.29, 1.82) is 0 Å². The second kappa shape index (κ2) is 10.2.